The van der Waals surface area contributed by atoms with E-state index in [1.165, 1.54) is 6.08 Å². The highest BCUT2D eigenvalue weighted by Gasteiger charge is 2.39. The first-order valence-electron chi connectivity index (χ1n) is 9.38. The number of aryl methyl sites for hydroxylation is 3. The van der Waals surface area contributed by atoms with Crippen molar-refractivity contribution in [2.24, 2.45) is 5.73 Å². The lowest BCUT2D eigenvalue weighted by atomic mass is 9.86. The summed E-state index contributed by atoms with van der Waals surface area (Å²) in [6.45, 7) is 5.65. The fourth-order valence-electron chi connectivity index (χ4n) is 3.84. The van der Waals surface area contributed by atoms with Gasteiger partial charge in [0.2, 0.25) is 0 Å². The second kappa shape index (κ2) is 7.51. The third-order valence-corrected chi connectivity index (χ3v) is 5.67. The highest BCUT2D eigenvalue weighted by Crippen LogP contribution is 2.38. The Balaban J connectivity index is 1.94. The molecule has 27 heavy (non-hydrogen) atoms. The molecule has 0 amide bonds. The Labute approximate surface area is 159 Å². The summed E-state index contributed by atoms with van der Waals surface area (Å²) in [6, 6.07) is 9.13. The molecule has 3 rings (SSSR count). The van der Waals surface area contributed by atoms with Crippen LogP contribution in [0, 0.1) is 20.8 Å². The Kier molecular flexibility index (Phi) is 5.48. The molecule has 0 heterocycles. The van der Waals surface area contributed by atoms with Crippen LogP contribution in [0.25, 0.3) is 6.08 Å². The normalized spacial score (nSPS) is 18.6. The summed E-state index contributed by atoms with van der Waals surface area (Å²) in [4.78, 5) is 0. The molecule has 1 aliphatic rings. The summed E-state index contributed by atoms with van der Waals surface area (Å²) >= 11 is 0. The number of nitrogens with two attached hydrogens (primary N) is 1. The lowest BCUT2D eigenvalue weighted by Crippen LogP contribution is -2.19. The Morgan fingerprint density at radius 1 is 1.07 bits per heavy atom. The van der Waals surface area contributed by atoms with E-state index in [1.54, 1.807) is 18.2 Å². The highest BCUT2D eigenvalue weighted by molar-refractivity contribution is 5.55. The van der Waals surface area contributed by atoms with Crippen LogP contribution in [0.4, 0.5) is 13.2 Å². The van der Waals surface area contributed by atoms with E-state index in [-0.39, 0.29) is 6.04 Å². The van der Waals surface area contributed by atoms with Gasteiger partial charge in [0.15, 0.2) is 0 Å². The standard InChI is InChI=1S/C23H26F3N/c1-14-11-19(12-15(2)16(14)3)21(23(24,25)26)10-8-17-7-9-20-18(13-17)5-4-6-22(20)27/h7-13,21-22H,4-6,27H2,1-3H3/b10-8+. The molecule has 2 aromatic carbocycles. The number of hydrogen-bond donors (Lipinski definition) is 1. The van der Waals surface area contributed by atoms with Crippen LogP contribution in [-0.2, 0) is 6.42 Å². The molecule has 0 saturated carbocycles. The maximum atomic E-state index is 13.7. The molecule has 0 spiro atoms. The van der Waals surface area contributed by atoms with Gasteiger partial charge in [-0.3, -0.25) is 0 Å². The van der Waals surface area contributed by atoms with E-state index >= 15 is 0 Å². The SMILES string of the molecule is Cc1cc(C(/C=C/c2ccc3c(c2)CCCC3N)C(F)(F)F)cc(C)c1C. The van der Waals surface area contributed by atoms with Crippen LogP contribution < -0.4 is 5.73 Å². The first kappa shape index (κ1) is 19.7. The maximum absolute atomic E-state index is 13.7. The molecule has 2 aromatic rings. The van der Waals surface area contributed by atoms with Crippen molar-refractivity contribution in [3.05, 3.63) is 75.4 Å². The predicted molar refractivity (Wildman–Crippen MR) is 105 cm³/mol. The van der Waals surface area contributed by atoms with Gasteiger partial charge in [0.05, 0.1) is 5.92 Å². The molecule has 2 atom stereocenters. The molecular formula is C23H26F3N. The average Bonchev–Trinajstić information content (AvgIpc) is 2.58. The second-order valence-corrected chi connectivity index (χ2v) is 7.62. The quantitative estimate of drug-likeness (QED) is 0.670. The third kappa shape index (κ3) is 4.27. The number of hydrogen-bond acceptors (Lipinski definition) is 1. The van der Waals surface area contributed by atoms with E-state index in [0.29, 0.717) is 5.56 Å². The van der Waals surface area contributed by atoms with Crippen molar-refractivity contribution < 1.29 is 13.2 Å². The molecule has 144 valence electrons. The lowest BCUT2D eigenvalue weighted by molar-refractivity contribution is -0.139. The number of allylic oxidation sites excluding steroid dienone is 1. The minimum Gasteiger partial charge on any atom is -0.324 e. The van der Waals surface area contributed by atoms with Crippen molar-refractivity contribution in [1.82, 2.24) is 0 Å². The fourth-order valence-corrected chi connectivity index (χ4v) is 3.84. The predicted octanol–water partition coefficient (Wildman–Crippen LogP) is 6.31. The number of benzene rings is 2. The van der Waals surface area contributed by atoms with Crippen molar-refractivity contribution in [3.8, 4) is 0 Å². The van der Waals surface area contributed by atoms with Gasteiger partial charge in [-0.25, -0.2) is 0 Å². The van der Waals surface area contributed by atoms with E-state index in [2.05, 4.69) is 0 Å². The van der Waals surface area contributed by atoms with Crippen molar-refractivity contribution >= 4 is 6.08 Å². The van der Waals surface area contributed by atoms with Crippen LogP contribution in [0.5, 0.6) is 0 Å². The van der Waals surface area contributed by atoms with Gasteiger partial charge in [-0.1, -0.05) is 42.5 Å². The lowest BCUT2D eigenvalue weighted by Gasteiger charge is -2.22. The highest BCUT2D eigenvalue weighted by atomic mass is 19.4. The molecule has 0 aromatic heterocycles. The van der Waals surface area contributed by atoms with Gasteiger partial charge in [-0.15, -0.1) is 0 Å². The van der Waals surface area contributed by atoms with Crippen molar-refractivity contribution in [3.63, 3.8) is 0 Å². The van der Waals surface area contributed by atoms with Gasteiger partial charge in [0.25, 0.3) is 0 Å². The van der Waals surface area contributed by atoms with Gasteiger partial charge >= 0.3 is 6.18 Å². The first-order chi connectivity index (χ1) is 12.7. The molecule has 4 heteroatoms. The molecule has 1 aliphatic carbocycles. The summed E-state index contributed by atoms with van der Waals surface area (Å²) in [7, 11) is 0. The minimum absolute atomic E-state index is 0.0354. The summed E-state index contributed by atoms with van der Waals surface area (Å²) in [5, 5.41) is 0. The number of alkyl halides is 3. The van der Waals surface area contributed by atoms with Gasteiger partial charge in [-0.2, -0.15) is 13.2 Å². The van der Waals surface area contributed by atoms with Crippen molar-refractivity contribution in [1.29, 1.82) is 0 Å². The van der Waals surface area contributed by atoms with E-state index < -0.39 is 12.1 Å². The average molecular weight is 373 g/mol. The van der Waals surface area contributed by atoms with E-state index in [1.807, 2.05) is 39.0 Å². The zero-order chi connectivity index (χ0) is 19.8. The number of halogens is 3. The summed E-state index contributed by atoms with van der Waals surface area (Å²) in [6.07, 6.45) is 1.45. The first-order valence-corrected chi connectivity index (χ1v) is 9.38. The molecule has 0 fully saturated rings. The van der Waals surface area contributed by atoms with Gasteiger partial charge < -0.3 is 5.73 Å². The van der Waals surface area contributed by atoms with Crippen LogP contribution in [-0.4, -0.2) is 6.18 Å². The number of fused-ring (bicyclic) bond motifs is 1. The second-order valence-electron chi connectivity index (χ2n) is 7.62. The third-order valence-electron chi connectivity index (χ3n) is 5.67. The molecule has 2 unspecified atom stereocenters. The topological polar surface area (TPSA) is 26.0 Å². The maximum Gasteiger partial charge on any atom is 0.399 e. The van der Waals surface area contributed by atoms with Crippen molar-refractivity contribution in [2.45, 2.75) is 58.2 Å². The van der Waals surface area contributed by atoms with Gasteiger partial charge in [0.1, 0.15) is 0 Å². The molecule has 2 N–H and O–H groups in total. The van der Waals surface area contributed by atoms with Crippen LogP contribution >= 0.6 is 0 Å². The monoisotopic (exact) mass is 373 g/mol. The van der Waals surface area contributed by atoms with E-state index in [9.17, 15) is 13.2 Å². The smallest absolute Gasteiger partial charge is 0.324 e. The molecular weight excluding hydrogens is 347 g/mol. The molecule has 0 radical (unpaired) electrons. The largest absolute Gasteiger partial charge is 0.399 e. The fraction of sp³-hybridized carbons (Fsp3) is 0.391. The van der Waals surface area contributed by atoms with Gasteiger partial charge in [-0.05, 0) is 79.0 Å². The van der Waals surface area contributed by atoms with Crippen LogP contribution in [0.2, 0.25) is 0 Å². The van der Waals surface area contributed by atoms with E-state index in [4.69, 9.17) is 5.73 Å². The Morgan fingerprint density at radius 3 is 2.37 bits per heavy atom. The molecule has 1 nitrogen and oxygen atoms in total. The van der Waals surface area contributed by atoms with Crippen LogP contribution in [0.3, 0.4) is 0 Å². The Morgan fingerprint density at radius 2 is 1.74 bits per heavy atom. The van der Waals surface area contributed by atoms with E-state index in [0.717, 1.165) is 52.6 Å². The summed E-state index contributed by atoms with van der Waals surface area (Å²) in [5.41, 5.74) is 12.3. The zero-order valence-electron chi connectivity index (χ0n) is 16.0. The van der Waals surface area contributed by atoms with Crippen LogP contribution in [0.1, 0.15) is 63.7 Å². The van der Waals surface area contributed by atoms with Gasteiger partial charge in [0, 0.05) is 6.04 Å². The molecule has 0 aliphatic heterocycles. The minimum atomic E-state index is -4.33. The summed E-state index contributed by atoms with van der Waals surface area (Å²) < 4.78 is 41.2. The molecule has 0 bridgehead atoms. The molecule has 0 saturated heterocycles. The zero-order valence-corrected chi connectivity index (χ0v) is 16.0. The number of rotatable bonds is 3. The summed E-state index contributed by atoms with van der Waals surface area (Å²) in [5.74, 6) is -1.62. The Hall–Kier alpha value is -2.07. The van der Waals surface area contributed by atoms with Crippen LogP contribution in [0.15, 0.2) is 36.4 Å². The van der Waals surface area contributed by atoms with Crippen molar-refractivity contribution in [2.75, 3.05) is 0 Å². The Bertz CT molecular complexity index is 841.